The number of carbonyl (C=O) groups excluding carboxylic acids is 1. The Labute approximate surface area is 156 Å². The molecule has 0 aliphatic carbocycles. The number of hydrogen-bond donors (Lipinski definition) is 1. The topological polar surface area (TPSA) is 59.9 Å². The molecule has 0 radical (unpaired) electrons. The van der Waals surface area contributed by atoms with Crippen molar-refractivity contribution >= 4 is 35.5 Å². The number of amides is 1. The first-order chi connectivity index (χ1) is 12.1. The molecule has 132 valence electrons. The van der Waals surface area contributed by atoms with Crippen molar-refractivity contribution in [2.75, 3.05) is 20.0 Å². The molecule has 0 saturated heterocycles. The highest BCUT2D eigenvalue weighted by atomic mass is 35.5. The lowest BCUT2D eigenvalue weighted by molar-refractivity contribution is -0.118. The van der Waals surface area contributed by atoms with Crippen LogP contribution in [0.15, 0.2) is 47.6 Å². The Hall–Kier alpha value is -2.18. The smallest absolute Gasteiger partial charge is 0.250 e. The summed E-state index contributed by atoms with van der Waals surface area (Å²) in [5, 5.41) is 4.68. The van der Waals surface area contributed by atoms with Gasteiger partial charge in [-0.1, -0.05) is 29.8 Å². The molecule has 0 aliphatic heterocycles. The number of benzene rings is 2. The van der Waals surface area contributed by atoms with Gasteiger partial charge in [0.1, 0.15) is 11.5 Å². The Kier molecular flexibility index (Phi) is 7.63. The summed E-state index contributed by atoms with van der Waals surface area (Å²) in [5.74, 6) is 2.10. The van der Waals surface area contributed by atoms with E-state index in [1.54, 1.807) is 32.4 Å². The molecule has 0 spiro atoms. The minimum absolute atomic E-state index is 0.185. The van der Waals surface area contributed by atoms with E-state index in [1.165, 1.54) is 18.0 Å². The molecule has 0 fully saturated rings. The maximum absolute atomic E-state index is 11.9. The predicted octanol–water partition coefficient (Wildman–Crippen LogP) is 3.74. The maximum Gasteiger partial charge on any atom is 0.250 e. The van der Waals surface area contributed by atoms with Crippen LogP contribution in [0.3, 0.4) is 0 Å². The molecular formula is C18H19ClN2O3S. The molecule has 0 saturated carbocycles. The van der Waals surface area contributed by atoms with Crippen LogP contribution in [0.5, 0.6) is 11.5 Å². The lowest BCUT2D eigenvalue weighted by atomic mass is 10.2. The number of hydrazone groups is 1. The van der Waals surface area contributed by atoms with Gasteiger partial charge in [0.15, 0.2) is 0 Å². The first-order valence-electron chi connectivity index (χ1n) is 7.49. The summed E-state index contributed by atoms with van der Waals surface area (Å²) in [6.07, 6.45) is 1.53. The van der Waals surface area contributed by atoms with E-state index in [0.29, 0.717) is 27.8 Å². The fraction of sp³-hybridized carbons (Fsp3) is 0.222. The van der Waals surface area contributed by atoms with E-state index in [0.717, 1.165) is 5.56 Å². The minimum Gasteiger partial charge on any atom is -0.497 e. The van der Waals surface area contributed by atoms with Crippen LogP contribution in [0.4, 0.5) is 0 Å². The van der Waals surface area contributed by atoms with Crippen molar-refractivity contribution in [2.45, 2.75) is 5.75 Å². The number of ether oxygens (including phenoxy) is 2. The molecule has 7 heteroatoms. The van der Waals surface area contributed by atoms with Crippen molar-refractivity contribution in [2.24, 2.45) is 5.10 Å². The highest BCUT2D eigenvalue weighted by Crippen LogP contribution is 2.22. The zero-order valence-corrected chi connectivity index (χ0v) is 15.6. The molecule has 0 atom stereocenters. The van der Waals surface area contributed by atoms with Crippen LogP contribution < -0.4 is 14.9 Å². The van der Waals surface area contributed by atoms with Crippen LogP contribution in [-0.2, 0) is 10.5 Å². The number of halogens is 1. The summed E-state index contributed by atoms with van der Waals surface area (Å²) in [5.41, 5.74) is 4.22. The quantitative estimate of drug-likeness (QED) is 0.561. The SMILES string of the molecule is COc1ccc(OC)c(C=NNC(=O)CSCc2ccccc2Cl)c1. The van der Waals surface area contributed by atoms with Crippen LogP contribution in [0, 0.1) is 0 Å². The number of rotatable bonds is 8. The van der Waals surface area contributed by atoms with Crippen LogP contribution in [0.25, 0.3) is 0 Å². The molecule has 0 aliphatic rings. The molecule has 1 N–H and O–H groups in total. The van der Waals surface area contributed by atoms with Crippen LogP contribution >= 0.6 is 23.4 Å². The van der Waals surface area contributed by atoms with E-state index in [9.17, 15) is 4.79 Å². The van der Waals surface area contributed by atoms with Crippen LogP contribution in [-0.4, -0.2) is 32.1 Å². The van der Waals surface area contributed by atoms with Gasteiger partial charge in [-0.25, -0.2) is 5.43 Å². The number of nitrogens with one attached hydrogen (secondary N) is 1. The highest BCUT2D eigenvalue weighted by Gasteiger charge is 2.05. The van der Waals surface area contributed by atoms with Gasteiger partial charge in [-0.15, -0.1) is 11.8 Å². The van der Waals surface area contributed by atoms with Gasteiger partial charge >= 0.3 is 0 Å². The Morgan fingerprint density at radius 1 is 1.24 bits per heavy atom. The zero-order valence-electron chi connectivity index (χ0n) is 14.0. The third-order valence-corrected chi connectivity index (χ3v) is 4.63. The van der Waals surface area contributed by atoms with Gasteiger partial charge in [-0.3, -0.25) is 4.79 Å². The fourth-order valence-electron chi connectivity index (χ4n) is 2.02. The lowest BCUT2D eigenvalue weighted by Gasteiger charge is -2.07. The average Bonchev–Trinajstić information content (AvgIpc) is 2.63. The Balaban J connectivity index is 1.83. The second-order valence-electron chi connectivity index (χ2n) is 4.99. The highest BCUT2D eigenvalue weighted by molar-refractivity contribution is 7.99. The second-order valence-corrected chi connectivity index (χ2v) is 6.38. The van der Waals surface area contributed by atoms with Gasteiger partial charge in [0, 0.05) is 16.3 Å². The fourth-order valence-corrected chi connectivity index (χ4v) is 3.12. The summed E-state index contributed by atoms with van der Waals surface area (Å²) in [6, 6.07) is 12.9. The molecule has 0 aromatic heterocycles. The third-order valence-electron chi connectivity index (χ3n) is 3.28. The predicted molar refractivity (Wildman–Crippen MR) is 103 cm³/mol. The molecule has 0 heterocycles. The summed E-state index contributed by atoms with van der Waals surface area (Å²) < 4.78 is 10.4. The summed E-state index contributed by atoms with van der Waals surface area (Å²) in [6.45, 7) is 0. The van der Waals surface area contributed by atoms with Gasteiger partial charge in [0.05, 0.1) is 26.2 Å². The number of hydrogen-bond acceptors (Lipinski definition) is 5. The van der Waals surface area contributed by atoms with Crippen molar-refractivity contribution < 1.29 is 14.3 Å². The first kappa shape index (κ1) is 19.1. The zero-order chi connectivity index (χ0) is 18.1. The van der Waals surface area contributed by atoms with Gasteiger partial charge in [0.2, 0.25) is 5.91 Å². The van der Waals surface area contributed by atoms with E-state index < -0.39 is 0 Å². The largest absolute Gasteiger partial charge is 0.497 e. The number of thioether (sulfide) groups is 1. The van der Waals surface area contributed by atoms with Gasteiger partial charge < -0.3 is 9.47 Å². The molecule has 0 bridgehead atoms. The Morgan fingerprint density at radius 3 is 2.76 bits per heavy atom. The van der Waals surface area contributed by atoms with E-state index >= 15 is 0 Å². The second kappa shape index (κ2) is 9.96. The van der Waals surface area contributed by atoms with E-state index in [-0.39, 0.29) is 11.7 Å². The Morgan fingerprint density at radius 2 is 2.04 bits per heavy atom. The van der Waals surface area contributed by atoms with E-state index in [1.807, 2.05) is 24.3 Å². The molecule has 1 amide bonds. The van der Waals surface area contributed by atoms with Crippen molar-refractivity contribution in [3.8, 4) is 11.5 Å². The van der Waals surface area contributed by atoms with E-state index in [2.05, 4.69) is 10.5 Å². The molecule has 2 rings (SSSR count). The minimum atomic E-state index is -0.185. The van der Waals surface area contributed by atoms with Gasteiger partial charge in [-0.2, -0.15) is 5.10 Å². The summed E-state index contributed by atoms with van der Waals surface area (Å²) >= 11 is 7.56. The van der Waals surface area contributed by atoms with Crippen LogP contribution in [0.1, 0.15) is 11.1 Å². The van der Waals surface area contributed by atoms with Crippen molar-refractivity contribution in [1.82, 2.24) is 5.43 Å². The van der Waals surface area contributed by atoms with Gasteiger partial charge in [0.25, 0.3) is 0 Å². The molecule has 5 nitrogen and oxygen atoms in total. The summed E-state index contributed by atoms with van der Waals surface area (Å²) in [7, 11) is 3.16. The van der Waals surface area contributed by atoms with Crippen molar-refractivity contribution in [3.63, 3.8) is 0 Å². The normalized spacial score (nSPS) is 10.7. The molecule has 0 unspecified atom stereocenters. The monoisotopic (exact) mass is 378 g/mol. The summed E-state index contributed by atoms with van der Waals surface area (Å²) in [4.78, 5) is 11.9. The molecular weight excluding hydrogens is 360 g/mol. The van der Waals surface area contributed by atoms with E-state index in [4.69, 9.17) is 21.1 Å². The van der Waals surface area contributed by atoms with Crippen molar-refractivity contribution in [1.29, 1.82) is 0 Å². The molecule has 2 aromatic carbocycles. The number of nitrogens with zero attached hydrogens (tertiary/aromatic N) is 1. The van der Waals surface area contributed by atoms with Gasteiger partial charge in [-0.05, 0) is 29.8 Å². The molecule has 2 aromatic rings. The number of carbonyl (C=O) groups is 1. The third kappa shape index (κ3) is 5.99. The maximum atomic E-state index is 11.9. The Bertz CT molecular complexity index is 753. The van der Waals surface area contributed by atoms with Crippen molar-refractivity contribution in [3.05, 3.63) is 58.6 Å². The standard InChI is InChI=1S/C18H19ClN2O3S/c1-23-15-7-8-17(24-2)14(9-15)10-20-21-18(22)12-25-11-13-5-3-4-6-16(13)19/h3-10H,11-12H2,1-2H3,(H,21,22). The first-order valence-corrected chi connectivity index (χ1v) is 9.02. The van der Waals surface area contributed by atoms with Crippen LogP contribution in [0.2, 0.25) is 5.02 Å². The average molecular weight is 379 g/mol. The molecule has 25 heavy (non-hydrogen) atoms. The lowest BCUT2D eigenvalue weighted by Crippen LogP contribution is -2.19. The number of methoxy groups -OCH3 is 2.